The van der Waals surface area contributed by atoms with E-state index in [1.54, 1.807) is 12.1 Å². The fraction of sp³-hybridized carbons (Fsp3) is 0.143. The Morgan fingerprint density at radius 1 is 1.06 bits per heavy atom. The second-order valence-corrected chi connectivity index (χ2v) is 4.63. The second kappa shape index (κ2) is 5.44. The van der Waals surface area contributed by atoms with Crippen LogP contribution in [0, 0.1) is 6.92 Å². The van der Waals surface area contributed by atoms with Crippen LogP contribution < -0.4 is 4.74 Å². The van der Waals surface area contributed by atoms with Crippen LogP contribution >= 0.6 is 23.2 Å². The molecule has 0 spiro atoms. The normalized spacial score (nSPS) is 10.3. The molecule has 0 N–H and O–H groups in total. The third-order valence-electron chi connectivity index (χ3n) is 2.50. The Morgan fingerprint density at radius 3 is 2.47 bits per heavy atom. The van der Waals surface area contributed by atoms with Crippen LogP contribution in [-0.4, -0.2) is 0 Å². The van der Waals surface area contributed by atoms with E-state index in [1.165, 1.54) is 0 Å². The Morgan fingerprint density at radius 2 is 1.76 bits per heavy atom. The van der Waals surface area contributed by atoms with E-state index in [9.17, 15) is 0 Å². The molecule has 0 unspecified atom stereocenters. The Bertz CT molecular complexity index is 509. The summed E-state index contributed by atoms with van der Waals surface area (Å²) in [4.78, 5) is 0. The van der Waals surface area contributed by atoms with Gasteiger partial charge >= 0.3 is 0 Å². The lowest BCUT2D eigenvalue weighted by Gasteiger charge is -2.10. The van der Waals surface area contributed by atoms with Gasteiger partial charge in [-0.1, -0.05) is 53.5 Å². The molecule has 1 nitrogen and oxygen atoms in total. The molecule has 0 aliphatic rings. The Kier molecular flexibility index (Phi) is 3.93. The number of hydrogen-bond acceptors (Lipinski definition) is 1. The van der Waals surface area contributed by atoms with E-state index in [4.69, 9.17) is 27.9 Å². The molecular weight excluding hydrogens is 255 g/mol. The van der Waals surface area contributed by atoms with Crippen molar-refractivity contribution in [3.8, 4) is 5.75 Å². The summed E-state index contributed by atoms with van der Waals surface area (Å²) in [5, 5.41) is 1.21. The van der Waals surface area contributed by atoms with Gasteiger partial charge < -0.3 is 4.74 Å². The van der Waals surface area contributed by atoms with Crippen LogP contribution in [0.5, 0.6) is 5.75 Å². The molecule has 0 fully saturated rings. The predicted molar refractivity (Wildman–Crippen MR) is 72.0 cm³/mol. The minimum Gasteiger partial charge on any atom is -0.489 e. The lowest BCUT2D eigenvalue weighted by molar-refractivity contribution is 0.304. The van der Waals surface area contributed by atoms with E-state index in [0.717, 1.165) is 16.9 Å². The molecule has 2 aromatic carbocycles. The van der Waals surface area contributed by atoms with Crippen molar-refractivity contribution in [2.75, 3.05) is 0 Å². The van der Waals surface area contributed by atoms with Crippen molar-refractivity contribution in [3.05, 3.63) is 63.6 Å². The minimum absolute atomic E-state index is 0.512. The summed E-state index contributed by atoms with van der Waals surface area (Å²) in [5.41, 5.74) is 2.02. The van der Waals surface area contributed by atoms with Gasteiger partial charge in [-0.15, -0.1) is 0 Å². The Balaban J connectivity index is 2.14. The standard InChI is InChI=1S/C14H12Cl2O/c1-10-13(16)7-12(15)8-14(10)17-9-11-5-3-2-4-6-11/h2-8H,9H2,1H3. The average Bonchev–Trinajstić information content (AvgIpc) is 2.33. The summed E-state index contributed by atoms with van der Waals surface area (Å²) in [7, 11) is 0. The first kappa shape index (κ1) is 12.3. The topological polar surface area (TPSA) is 9.23 Å². The van der Waals surface area contributed by atoms with E-state index in [-0.39, 0.29) is 0 Å². The van der Waals surface area contributed by atoms with Crippen LogP contribution in [0.15, 0.2) is 42.5 Å². The lowest BCUT2D eigenvalue weighted by atomic mass is 10.2. The van der Waals surface area contributed by atoms with Crippen molar-refractivity contribution in [3.63, 3.8) is 0 Å². The van der Waals surface area contributed by atoms with Gasteiger partial charge in [-0.2, -0.15) is 0 Å². The molecule has 88 valence electrons. The third kappa shape index (κ3) is 3.15. The van der Waals surface area contributed by atoms with E-state index in [1.807, 2.05) is 37.3 Å². The molecule has 0 aliphatic carbocycles. The first-order chi connectivity index (χ1) is 8.16. The van der Waals surface area contributed by atoms with Crippen molar-refractivity contribution in [1.82, 2.24) is 0 Å². The molecule has 0 bridgehead atoms. The SMILES string of the molecule is Cc1c(Cl)cc(Cl)cc1OCc1ccccc1. The molecule has 0 heterocycles. The number of rotatable bonds is 3. The predicted octanol–water partition coefficient (Wildman–Crippen LogP) is 4.88. The zero-order valence-corrected chi connectivity index (χ0v) is 10.9. The molecule has 2 rings (SSSR count). The van der Waals surface area contributed by atoms with Crippen molar-refractivity contribution < 1.29 is 4.74 Å². The summed E-state index contributed by atoms with van der Waals surface area (Å²) in [6.45, 7) is 2.43. The molecule has 0 aliphatic heterocycles. The van der Waals surface area contributed by atoms with Crippen molar-refractivity contribution in [2.24, 2.45) is 0 Å². The molecule has 0 radical (unpaired) electrons. The number of ether oxygens (including phenoxy) is 1. The summed E-state index contributed by atoms with van der Waals surface area (Å²) in [6, 6.07) is 13.5. The van der Waals surface area contributed by atoms with Gasteiger partial charge in [0.15, 0.2) is 0 Å². The van der Waals surface area contributed by atoms with Crippen LogP contribution in [0.1, 0.15) is 11.1 Å². The minimum atomic E-state index is 0.512. The van der Waals surface area contributed by atoms with Gasteiger partial charge in [0.1, 0.15) is 12.4 Å². The molecule has 0 amide bonds. The fourth-order valence-electron chi connectivity index (χ4n) is 1.51. The molecule has 0 atom stereocenters. The van der Waals surface area contributed by atoms with Gasteiger partial charge in [-0.25, -0.2) is 0 Å². The highest BCUT2D eigenvalue weighted by molar-refractivity contribution is 6.35. The Hall–Kier alpha value is -1.18. The molecule has 17 heavy (non-hydrogen) atoms. The van der Waals surface area contributed by atoms with Crippen LogP contribution in [-0.2, 0) is 6.61 Å². The smallest absolute Gasteiger partial charge is 0.125 e. The summed E-state index contributed by atoms with van der Waals surface area (Å²) in [6.07, 6.45) is 0. The maximum Gasteiger partial charge on any atom is 0.125 e. The van der Waals surface area contributed by atoms with E-state index >= 15 is 0 Å². The molecule has 2 aromatic rings. The van der Waals surface area contributed by atoms with Crippen molar-refractivity contribution >= 4 is 23.2 Å². The van der Waals surface area contributed by atoms with Gasteiger partial charge in [0.05, 0.1) is 0 Å². The van der Waals surface area contributed by atoms with Gasteiger partial charge in [0.2, 0.25) is 0 Å². The number of halogens is 2. The summed E-state index contributed by atoms with van der Waals surface area (Å²) in [5.74, 6) is 0.728. The van der Waals surface area contributed by atoms with Gasteiger partial charge in [-0.05, 0) is 24.6 Å². The van der Waals surface area contributed by atoms with Crippen molar-refractivity contribution in [1.29, 1.82) is 0 Å². The van der Waals surface area contributed by atoms with Crippen LogP contribution in [0.4, 0.5) is 0 Å². The fourth-order valence-corrected chi connectivity index (χ4v) is 1.98. The quantitative estimate of drug-likeness (QED) is 0.770. The monoisotopic (exact) mass is 266 g/mol. The highest BCUT2D eigenvalue weighted by Gasteiger charge is 2.06. The van der Waals surface area contributed by atoms with Crippen LogP contribution in [0.25, 0.3) is 0 Å². The first-order valence-electron chi connectivity index (χ1n) is 5.29. The number of benzene rings is 2. The number of hydrogen-bond donors (Lipinski definition) is 0. The highest BCUT2D eigenvalue weighted by atomic mass is 35.5. The second-order valence-electron chi connectivity index (χ2n) is 3.79. The van der Waals surface area contributed by atoms with Crippen LogP contribution in [0.2, 0.25) is 10.0 Å². The molecule has 0 saturated heterocycles. The summed E-state index contributed by atoms with van der Waals surface area (Å²) < 4.78 is 5.72. The zero-order chi connectivity index (χ0) is 12.3. The summed E-state index contributed by atoms with van der Waals surface area (Å²) >= 11 is 12.0. The van der Waals surface area contributed by atoms with Gasteiger partial charge in [0.25, 0.3) is 0 Å². The van der Waals surface area contributed by atoms with E-state index < -0.39 is 0 Å². The highest BCUT2D eigenvalue weighted by Crippen LogP contribution is 2.30. The van der Waals surface area contributed by atoms with E-state index in [2.05, 4.69) is 0 Å². The van der Waals surface area contributed by atoms with E-state index in [0.29, 0.717) is 16.7 Å². The zero-order valence-electron chi connectivity index (χ0n) is 9.41. The molecule has 0 saturated carbocycles. The molecular formula is C14H12Cl2O. The molecule has 3 heteroatoms. The lowest BCUT2D eigenvalue weighted by Crippen LogP contribution is -1.97. The van der Waals surface area contributed by atoms with Gasteiger partial charge in [0, 0.05) is 15.6 Å². The first-order valence-corrected chi connectivity index (χ1v) is 6.05. The third-order valence-corrected chi connectivity index (χ3v) is 3.11. The maximum atomic E-state index is 6.04. The van der Waals surface area contributed by atoms with Crippen LogP contribution in [0.3, 0.4) is 0 Å². The average molecular weight is 267 g/mol. The largest absolute Gasteiger partial charge is 0.489 e. The van der Waals surface area contributed by atoms with Crippen molar-refractivity contribution in [2.45, 2.75) is 13.5 Å². The molecule has 0 aromatic heterocycles. The van der Waals surface area contributed by atoms with Gasteiger partial charge in [-0.3, -0.25) is 0 Å². The Labute approximate surface area is 111 Å². The maximum absolute atomic E-state index is 6.04.